The van der Waals surface area contributed by atoms with Crippen molar-refractivity contribution in [2.75, 3.05) is 0 Å². The number of aromatic nitrogens is 4. The van der Waals surface area contributed by atoms with E-state index < -0.39 is 11.6 Å². The Bertz CT molecular complexity index is 579. The van der Waals surface area contributed by atoms with E-state index in [2.05, 4.69) is 20.8 Å². The second kappa shape index (κ2) is 5.00. The predicted molar refractivity (Wildman–Crippen MR) is 63.1 cm³/mol. The van der Waals surface area contributed by atoms with Crippen molar-refractivity contribution >= 4 is 0 Å². The molecule has 1 aromatic carbocycles. The van der Waals surface area contributed by atoms with Gasteiger partial charge in [0.1, 0.15) is 0 Å². The molecule has 0 bridgehead atoms. The maximum atomic E-state index is 13.1. The smallest absolute Gasteiger partial charge is 0.165 e. The summed E-state index contributed by atoms with van der Waals surface area (Å²) in [6, 6.07) is 4.36. The molecule has 1 saturated carbocycles. The number of rotatable bonds is 5. The van der Waals surface area contributed by atoms with Crippen LogP contribution < -0.4 is 5.32 Å². The van der Waals surface area contributed by atoms with E-state index in [4.69, 9.17) is 0 Å². The van der Waals surface area contributed by atoms with Crippen molar-refractivity contribution in [2.45, 2.75) is 32.0 Å². The lowest BCUT2D eigenvalue weighted by atomic mass is 10.2. The molecular formula is C12H13F2N5. The van der Waals surface area contributed by atoms with Gasteiger partial charge >= 0.3 is 0 Å². The van der Waals surface area contributed by atoms with Crippen LogP contribution in [0.2, 0.25) is 0 Å². The summed E-state index contributed by atoms with van der Waals surface area (Å²) in [5, 5.41) is 14.7. The van der Waals surface area contributed by atoms with Gasteiger partial charge in [-0.05, 0) is 41.0 Å². The van der Waals surface area contributed by atoms with Gasteiger partial charge in [-0.3, -0.25) is 0 Å². The maximum absolute atomic E-state index is 13.1. The number of halogens is 2. The van der Waals surface area contributed by atoms with E-state index in [1.807, 2.05) is 0 Å². The fraction of sp³-hybridized carbons (Fsp3) is 0.417. The van der Waals surface area contributed by atoms with E-state index in [1.54, 1.807) is 4.68 Å². The molecule has 1 aliphatic carbocycles. The molecule has 1 N–H and O–H groups in total. The van der Waals surface area contributed by atoms with Crippen molar-refractivity contribution in [3.05, 3.63) is 41.2 Å². The molecule has 5 nitrogen and oxygen atoms in total. The minimum absolute atomic E-state index is 0.325. The van der Waals surface area contributed by atoms with Gasteiger partial charge in [0.25, 0.3) is 0 Å². The van der Waals surface area contributed by atoms with Gasteiger partial charge in [-0.1, -0.05) is 6.07 Å². The van der Waals surface area contributed by atoms with Crippen molar-refractivity contribution in [3.8, 4) is 0 Å². The lowest BCUT2D eigenvalue weighted by molar-refractivity contribution is 0.504. The van der Waals surface area contributed by atoms with E-state index >= 15 is 0 Å². The Kier molecular flexibility index (Phi) is 3.20. The SMILES string of the molecule is Fc1ccc(Cn2nnnc2CNC2CC2)cc1F. The Morgan fingerprint density at radius 3 is 2.84 bits per heavy atom. The van der Waals surface area contributed by atoms with Gasteiger partial charge in [0.2, 0.25) is 0 Å². The average Bonchev–Trinajstić information content (AvgIpc) is 3.12. The van der Waals surface area contributed by atoms with E-state index in [-0.39, 0.29) is 0 Å². The van der Waals surface area contributed by atoms with Gasteiger partial charge in [0.05, 0.1) is 13.1 Å². The van der Waals surface area contributed by atoms with Crippen molar-refractivity contribution in [3.63, 3.8) is 0 Å². The molecule has 100 valence electrons. The van der Waals surface area contributed by atoms with Gasteiger partial charge < -0.3 is 5.32 Å². The average molecular weight is 265 g/mol. The third-order valence-corrected chi connectivity index (χ3v) is 3.05. The molecule has 1 aliphatic rings. The Morgan fingerprint density at radius 1 is 1.26 bits per heavy atom. The third-order valence-electron chi connectivity index (χ3n) is 3.05. The first-order chi connectivity index (χ1) is 9.22. The molecule has 0 radical (unpaired) electrons. The van der Waals surface area contributed by atoms with Crippen LogP contribution in [-0.2, 0) is 13.1 Å². The van der Waals surface area contributed by atoms with E-state index in [9.17, 15) is 8.78 Å². The Labute approximate surface area is 108 Å². The predicted octanol–water partition coefficient (Wildman–Crippen LogP) is 1.25. The molecule has 0 atom stereocenters. The zero-order chi connectivity index (χ0) is 13.2. The summed E-state index contributed by atoms with van der Waals surface area (Å²) in [6.45, 7) is 0.910. The van der Waals surface area contributed by atoms with Crippen LogP contribution in [0.15, 0.2) is 18.2 Å². The van der Waals surface area contributed by atoms with Crippen LogP contribution in [-0.4, -0.2) is 26.2 Å². The van der Waals surface area contributed by atoms with E-state index in [0.29, 0.717) is 30.5 Å². The summed E-state index contributed by atoms with van der Waals surface area (Å²) in [4.78, 5) is 0. The number of hydrogen-bond acceptors (Lipinski definition) is 4. The summed E-state index contributed by atoms with van der Waals surface area (Å²) < 4.78 is 27.5. The van der Waals surface area contributed by atoms with Crippen LogP contribution in [0.4, 0.5) is 8.78 Å². The van der Waals surface area contributed by atoms with Gasteiger partial charge in [-0.15, -0.1) is 5.10 Å². The standard InChI is InChI=1S/C12H13F2N5/c13-10-4-1-8(5-11(10)14)7-19-12(16-17-18-19)6-15-9-2-3-9/h1,4-5,9,15H,2-3,6-7H2. The Balaban J connectivity index is 1.71. The summed E-state index contributed by atoms with van der Waals surface area (Å²) in [6.07, 6.45) is 2.37. The van der Waals surface area contributed by atoms with Gasteiger partial charge in [-0.2, -0.15) is 0 Å². The lowest BCUT2D eigenvalue weighted by Gasteiger charge is -2.06. The molecule has 19 heavy (non-hydrogen) atoms. The summed E-state index contributed by atoms with van der Waals surface area (Å²) in [5.74, 6) is -1.02. The molecule has 0 amide bonds. The molecule has 1 heterocycles. The number of benzene rings is 1. The summed E-state index contributed by atoms with van der Waals surface area (Å²) in [7, 11) is 0. The lowest BCUT2D eigenvalue weighted by Crippen LogP contribution is -2.19. The van der Waals surface area contributed by atoms with Crippen molar-refractivity contribution in [1.82, 2.24) is 25.5 Å². The third kappa shape index (κ3) is 2.93. The Morgan fingerprint density at radius 2 is 2.11 bits per heavy atom. The molecule has 1 fully saturated rings. The quantitative estimate of drug-likeness (QED) is 0.884. The second-order valence-corrected chi connectivity index (χ2v) is 4.66. The highest BCUT2D eigenvalue weighted by atomic mass is 19.2. The first-order valence-electron chi connectivity index (χ1n) is 6.15. The minimum Gasteiger partial charge on any atom is -0.307 e. The summed E-state index contributed by atoms with van der Waals surface area (Å²) >= 11 is 0. The van der Waals surface area contributed by atoms with Crippen molar-refractivity contribution < 1.29 is 8.78 Å². The fourth-order valence-corrected chi connectivity index (χ4v) is 1.81. The molecular weight excluding hydrogens is 252 g/mol. The highest BCUT2D eigenvalue weighted by Gasteiger charge is 2.21. The van der Waals surface area contributed by atoms with Gasteiger partial charge in [-0.25, -0.2) is 13.5 Å². The first kappa shape index (κ1) is 12.2. The number of tetrazole rings is 1. The molecule has 2 aromatic rings. The van der Waals surface area contributed by atoms with Crippen LogP contribution >= 0.6 is 0 Å². The van der Waals surface area contributed by atoms with Gasteiger partial charge in [0, 0.05) is 6.04 Å². The zero-order valence-electron chi connectivity index (χ0n) is 10.2. The van der Waals surface area contributed by atoms with Crippen LogP contribution in [0.3, 0.4) is 0 Å². The molecule has 0 saturated heterocycles. The molecule has 1 aromatic heterocycles. The summed E-state index contributed by atoms with van der Waals surface area (Å²) in [5.41, 5.74) is 0.624. The van der Waals surface area contributed by atoms with E-state index in [1.165, 1.54) is 18.9 Å². The molecule has 0 aliphatic heterocycles. The van der Waals surface area contributed by atoms with Crippen molar-refractivity contribution in [1.29, 1.82) is 0 Å². The van der Waals surface area contributed by atoms with Crippen LogP contribution in [0.5, 0.6) is 0 Å². The molecule has 3 rings (SSSR count). The van der Waals surface area contributed by atoms with Crippen LogP contribution in [0, 0.1) is 11.6 Å². The van der Waals surface area contributed by atoms with Crippen LogP contribution in [0.25, 0.3) is 0 Å². The number of hydrogen-bond donors (Lipinski definition) is 1. The monoisotopic (exact) mass is 265 g/mol. The van der Waals surface area contributed by atoms with Crippen molar-refractivity contribution in [2.24, 2.45) is 0 Å². The highest BCUT2D eigenvalue weighted by Crippen LogP contribution is 2.19. The number of nitrogens with zero attached hydrogens (tertiary/aromatic N) is 4. The normalized spacial score (nSPS) is 14.8. The largest absolute Gasteiger partial charge is 0.307 e. The molecule has 0 unspecified atom stereocenters. The minimum atomic E-state index is -0.858. The fourth-order valence-electron chi connectivity index (χ4n) is 1.81. The molecule has 7 heteroatoms. The van der Waals surface area contributed by atoms with E-state index in [0.717, 1.165) is 12.1 Å². The Hall–Kier alpha value is -1.89. The maximum Gasteiger partial charge on any atom is 0.165 e. The topological polar surface area (TPSA) is 55.6 Å². The second-order valence-electron chi connectivity index (χ2n) is 4.66. The van der Waals surface area contributed by atoms with Gasteiger partial charge in [0.15, 0.2) is 17.5 Å². The number of nitrogens with one attached hydrogen (secondary N) is 1. The molecule has 0 spiro atoms. The van der Waals surface area contributed by atoms with Crippen LogP contribution in [0.1, 0.15) is 24.2 Å². The highest BCUT2D eigenvalue weighted by molar-refractivity contribution is 5.18. The first-order valence-corrected chi connectivity index (χ1v) is 6.15. The zero-order valence-corrected chi connectivity index (χ0v) is 10.2.